The van der Waals surface area contributed by atoms with Crippen molar-refractivity contribution in [3.05, 3.63) is 77.6 Å². The summed E-state index contributed by atoms with van der Waals surface area (Å²) in [6.07, 6.45) is -5.98. The third-order valence-electron chi connectivity index (χ3n) is 4.72. The number of ether oxygens (including phenoxy) is 2. The van der Waals surface area contributed by atoms with E-state index in [-0.39, 0.29) is 27.5 Å². The van der Waals surface area contributed by atoms with Gasteiger partial charge in [-0.15, -0.1) is 0 Å². The molecule has 32 heavy (non-hydrogen) atoms. The molecule has 0 N–H and O–H groups in total. The van der Waals surface area contributed by atoms with Crippen molar-refractivity contribution in [3.8, 4) is 22.6 Å². The summed E-state index contributed by atoms with van der Waals surface area (Å²) in [5.74, 6) is -1.13. The van der Waals surface area contributed by atoms with E-state index in [0.717, 1.165) is 23.8 Å². The van der Waals surface area contributed by atoms with Crippen LogP contribution in [0.15, 0.2) is 65.6 Å². The molecule has 0 aliphatic carbocycles. The number of alkyl halides is 3. The topological polar surface area (TPSA) is 61.8 Å². The van der Waals surface area contributed by atoms with Crippen molar-refractivity contribution in [1.29, 1.82) is 0 Å². The minimum Gasteiger partial charge on any atom is -0.448 e. The van der Waals surface area contributed by atoms with Crippen molar-refractivity contribution >= 4 is 10.1 Å². The highest BCUT2D eigenvalue weighted by Crippen LogP contribution is 2.47. The number of rotatable bonds is 5. The fourth-order valence-electron chi connectivity index (χ4n) is 3.23. The van der Waals surface area contributed by atoms with E-state index in [9.17, 15) is 26.0 Å². The Hall–Kier alpha value is -3.11. The summed E-state index contributed by atoms with van der Waals surface area (Å²) in [4.78, 5) is -0.0792. The van der Waals surface area contributed by atoms with Gasteiger partial charge < -0.3 is 9.47 Å². The van der Waals surface area contributed by atoms with E-state index in [2.05, 4.69) is 0 Å². The summed E-state index contributed by atoms with van der Waals surface area (Å²) < 4.78 is 95.1. The molecule has 0 bridgehead atoms. The predicted octanol–water partition coefficient (Wildman–Crippen LogP) is 5.32. The molecular weight excluding hydrogens is 452 g/mol. The lowest BCUT2D eigenvalue weighted by Gasteiger charge is -2.15. The normalized spacial score (nSPS) is 15.7. The molecule has 0 fully saturated rings. The summed E-state index contributed by atoms with van der Waals surface area (Å²) >= 11 is 0. The highest BCUT2D eigenvalue weighted by molar-refractivity contribution is 7.86. The fraction of sp³-hybridized carbons (Fsp3) is 0.182. The zero-order chi connectivity index (χ0) is 23.1. The molecule has 1 aliphatic rings. The molecule has 3 aromatic carbocycles. The van der Waals surface area contributed by atoms with Crippen molar-refractivity contribution < 1.29 is 39.6 Å². The molecule has 0 saturated carbocycles. The lowest BCUT2D eigenvalue weighted by Crippen LogP contribution is -2.26. The monoisotopic (exact) mass is 468 g/mol. The van der Waals surface area contributed by atoms with Crippen LogP contribution in [0.25, 0.3) is 11.1 Å². The Morgan fingerprint density at radius 3 is 2.34 bits per heavy atom. The van der Waals surface area contributed by atoms with Crippen molar-refractivity contribution in [2.45, 2.75) is 24.3 Å². The molecular formula is C22H16F4O5S. The summed E-state index contributed by atoms with van der Waals surface area (Å²) in [6.45, 7) is 1.20. The van der Waals surface area contributed by atoms with Crippen LogP contribution < -0.4 is 9.47 Å². The number of benzene rings is 3. The zero-order valence-electron chi connectivity index (χ0n) is 16.5. The molecule has 0 aromatic heterocycles. The van der Waals surface area contributed by atoms with Crippen LogP contribution in [0, 0.1) is 12.7 Å². The van der Waals surface area contributed by atoms with Crippen molar-refractivity contribution in [2.24, 2.45) is 0 Å². The first kappa shape index (κ1) is 22.1. The summed E-state index contributed by atoms with van der Waals surface area (Å²) in [5.41, 5.74) is -0.585. The number of fused-ring (bicyclic) bond motifs is 1. The lowest BCUT2D eigenvalue weighted by molar-refractivity contribution is -0.137. The summed E-state index contributed by atoms with van der Waals surface area (Å²) in [7, 11) is -4.13. The molecule has 168 valence electrons. The average Bonchev–Trinajstić information content (AvgIpc) is 3.14. The van der Waals surface area contributed by atoms with E-state index in [1.807, 2.05) is 0 Å². The first-order valence-corrected chi connectivity index (χ1v) is 10.7. The Balaban J connectivity index is 1.59. The van der Waals surface area contributed by atoms with Crippen LogP contribution in [0.5, 0.6) is 11.5 Å². The maximum Gasteiger partial charge on any atom is 0.417 e. The fourth-order valence-corrected chi connectivity index (χ4v) is 4.12. The number of hydrogen-bond acceptors (Lipinski definition) is 5. The van der Waals surface area contributed by atoms with E-state index in [1.54, 1.807) is 19.1 Å². The molecule has 0 radical (unpaired) electrons. The molecule has 5 nitrogen and oxygen atoms in total. The van der Waals surface area contributed by atoms with Gasteiger partial charge in [-0.1, -0.05) is 35.9 Å². The van der Waals surface area contributed by atoms with Gasteiger partial charge in [-0.3, -0.25) is 4.18 Å². The van der Waals surface area contributed by atoms with Gasteiger partial charge in [-0.25, -0.2) is 4.39 Å². The van der Waals surface area contributed by atoms with Gasteiger partial charge >= 0.3 is 6.18 Å². The van der Waals surface area contributed by atoms with Crippen LogP contribution in [0.3, 0.4) is 0 Å². The van der Waals surface area contributed by atoms with Gasteiger partial charge in [0.05, 0.1) is 10.5 Å². The molecule has 3 aromatic rings. The summed E-state index contributed by atoms with van der Waals surface area (Å²) in [6, 6.07) is 12.5. The molecule has 4 rings (SSSR count). The first-order valence-electron chi connectivity index (χ1n) is 9.34. The highest BCUT2D eigenvalue weighted by Gasteiger charge is 2.36. The van der Waals surface area contributed by atoms with Crippen LogP contribution in [0.4, 0.5) is 17.6 Å². The Morgan fingerprint density at radius 2 is 1.66 bits per heavy atom. The van der Waals surface area contributed by atoms with Crippen LogP contribution in [-0.4, -0.2) is 21.3 Å². The molecule has 10 heteroatoms. The zero-order valence-corrected chi connectivity index (χ0v) is 17.3. The van der Waals surface area contributed by atoms with E-state index in [0.29, 0.717) is 0 Å². The second-order valence-corrected chi connectivity index (χ2v) is 8.66. The van der Waals surface area contributed by atoms with Crippen molar-refractivity contribution in [2.75, 3.05) is 6.61 Å². The predicted molar refractivity (Wildman–Crippen MR) is 106 cm³/mol. The van der Waals surface area contributed by atoms with Crippen LogP contribution >= 0.6 is 0 Å². The number of aryl methyl sites for hydroxylation is 1. The van der Waals surface area contributed by atoms with Gasteiger partial charge in [0.15, 0.2) is 11.5 Å². The molecule has 0 spiro atoms. The Labute approximate surface area is 181 Å². The Morgan fingerprint density at radius 1 is 0.969 bits per heavy atom. The minimum absolute atomic E-state index is 0.0792. The molecule has 1 atom stereocenters. The maximum absolute atomic E-state index is 14.1. The van der Waals surface area contributed by atoms with E-state index < -0.39 is 40.6 Å². The maximum atomic E-state index is 14.1. The number of halogens is 4. The van der Waals surface area contributed by atoms with E-state index in [1.165, 1.54) is 30.3 Å². The van der Waals surface area contributed by atoms with E-state index >= 15 is 0 Å². The quantitative estimate of drug-likeness (QED) is 0.375. The molecule has 1 unspecified atom stereocenters. The highest BCUT2D eigenvalue weighted by atomic mass is 32.2. The average molecular weight is 468 g/mol. The van der Waals surface area contributed by atoms with Gasteiger partial charge in [0.2, 0.25) is 0 Å². The Bertz CT molecular complexity index is 1250. The van der Waals surface area contributed by atoms with Gasteiger partial charge in [-0.2, -0.15) is 21.6 Å². The third-order valence-corrected chi connectivity index (χ3v) is 6.01. The van der Waals surface area contributed by atoms with Crippen LogP contribution in [-0.2, 0) is 20.5 Å². The number of hydrogen-bond donors (Lipinski definition) is 0. The van der Waals surface area contributed by atoms with Crippen LogP contribution in [0.2, 0.25) is 0 Å². The summed E-state index contributed by atoms with van der Waals surface area (Å²) in [5, 5.41) is 0. The van der Waals surface area contributed by atoms with Gasteiger partial charge in [0, 0.05) is 11.6 Å². The third kappa shape index (κ3) is 4.42. The van der Waals surface area contributed by atoms with Gasteiger partial charge in [0.1, 0.15) is 12.4 Å². The second-order valence-electron chi connectivity index (χ2n) is 7.04. The van der Waals surface area contributed by atoms with Crippen molar-refractivity contribution in [3.63, 3.8) is 0 Å². The lowest BCUT2D eigenvalue weighted by atomic mass is 9.98. The second kappa shape index (κ2) is 8.10. The van der Waals surface area contributed by atoms with Crippen molar-refractivity contribution in [1.82, 2.24) is 0 Å². The van der Waals surface area contributed by atoms with E-state index in [4.69, 9.17) is 13.7 Å². The molecule has 1 heterocycles. The largest absolute Gasteiger partial charge is 0.448 e. The smallest absolute Gasteiger partial charge is 0.417 e. The SMILES string of the molecule is Cc1ccc(S(=O)(=O)OCC2Oc3cc(F)cc(-c4ccccc4C(F)(F)F)c3O2)cc1. The minimum atomic E-state index is -4.68. The van der Waals surface area contributed by atoms with Gasteiger partial charge in [0.25, 0.3) is 16.4 Å². The molecule has 1 aliphatic heterocycles. The molecule has 0 saturated heterocycles. The Kier molecular flexibility index (Phi) is 5.59. The van der Waals surface area contributed by atoms with Crippen LogP contribution in [0.1, 0.15) is 11.1 Å². The van der Waals surface area contributed by atoms with Gasteiger partial charge in [-0.05, 0) is 36.8 Å². The molecule has 0 amide bonds. The first-order chi connectivity index (χ1) is 15.0. The standard InChI is InChI=1S/C22H16F4O5S/c1-13-6-8-15(9-7-13)32(27,28)29-12-20-30-19-11-14(23)10-17(21(19)31-20)16-4-2-3-5-18(16)22(24,25)26/h2-11,20H,12H2,1H3.